The molecule has 0 unspecified atom stereocenters. The zero-order valence-corrected chi connectivity index (χ0v) is 15.4. The van der Waals surface area contributed by atoms with E-state index in [0.717, 1.165) is 42.4 Å². The molecule has 2 aromatic heterocycles. The minimum absolute atomic E-state index is 0.345. The number of aromatic nitrogens is 6. The number of ether oxygens (including phenoxy) is 1. The van der Waals surface area contributed by atoms with E-state index < -0.39 is 0 Å². The van der Waals surface area contributed by atoms with E-state index in [9.17, 15) is 0 Å². The Morgan fingerprint density at radius 3 is 2.68 bits per heavy atom. The second-order valence-corrected chi connectivity index (χ2v) is 7.65. The number of hydrogen-bond acceptors (Lipinski definition) is 6. The van der Waals surface area contributed by atoms with Gasteiger partial charge >= 0.3 is 0 Å². The Morgan fingerprint density at radius 2 is 2.04 bits per heavy atom. The second kappa shape index (κ2) is 6.40. The number of nitrogens with one attached hydrogen (secondary N) is 1. The second-order valence-electron chi connectivity index (χ2n) is 7.65. The molecule has 0 radical (unpaired) electrons. The van der Waals surface area contributed by atoms with E-state index in [4.69, 9.17) is 9.72 Å². The summed E-state index contributed by atoms with van der Waals surface area (Å²) in [5, 5.41) is 16.3. The highest BCUT2D eigenvalue weighted by Gasteiger charge is 2.45. The van der Waals surface area contributed by atoms with Gasteiger partial charge in [0.15, 0.2) is 11.6 Å². The van der Waals surface area contributed by atoms with Gasteiger partial charge in [0.05, 0.1) is 0 Å². The predicted octanol–water partition coefficient (Wildman–Crippen LogP) is 1.83. The van der Waals surface area contributed by atoms with Gasteiger partial charge in [0.25, 0.3) is 0 Å². The van der Waals surface area contributed by atoms with Crippen LogP contribution in [0.1, 0.15) is 56.0 Å². The summed E-state index contributed by atoms with van der Waals surface area (Å²) in [5.41, 5.74) is 0. The normalized spacial score (nSPS) is 23.8. The first-order valence-electron chi connectivity index (χ1n) is 9.12. The van der Waals surface area contributed by atoms with Gasteiger partial charge < -0.3 is 9.64 Å². The molecule has 1 aliphatic heterocycles. The Hall–Kier alpha value is -1.96. The summed E-state index contributed by atoms with van der Waals surface area (Å²) in [7, 11) is 3.69. The van der Waals surface area contributed by atoms with Gasteiger partial charge in [0, 0.05) is 39.1 Å². The van der Waals surface area contributed by atoms with Crippen molar-refractivity contribution in [2.24, 2.45) is 18.9 Å². The van der Waals surface area contributed by atoms with Crippen LogP contribution in [0.2, 0.25) is 0 Å². The van der Waals surface area contributed by atoms with Gasteiger partial charge in [-0.3, -0.25) is 9.67 Å². The van der Waals surface area contributed by atoms with Gasteiger partial charge in [0.2, 0.25) is 5.95 Å². The molecule has 8 nitrogen and oxygen atoms in total. The molecule has 1 saturated heterocycles. The van der Waals surface area contributed by atoms with Crippen molar-refractivity contribution < 1.29 is 4.74 Å². The fourth-order valence-electron chi connectivity index (χ4n) is 3.88. The Kier molecular flexibility index (Phi) is 4.23. The van der Waals surface area contributed by atoms with Crippen molar-refractivity contribution >= 4 is 5.95 Å². The van der Waals surface area contributed by atoms with E-state index in [1.54, 1.807) is 7.11 Å². The van der Waals surface area contributed by atoms with Crippen molar-refractivity contribution in [2.75, 3.05) is 25.1 Å². The number of hydrogen-bond donors (Lipinski definition) is 1. The maximum absolute atomic E-state index is 5.20. The molecule has 2 atom stereocenters. The number of methoxy groups -OCH3 is 1. The largest absolute Gasteiger partial charge is 0.377 e. The smallest absolute Gasteiger partial charge is 0.227 e. The molecule has 3 heterocycles. The standard InChI is InChI=1S/C17H27N7O/c1-10(2)15-18-16(21-20-15)13-8-24(7-12(13)11-5-6-11)17-22-19-14(9-25-4)23(17)3/h10-13H,5-9H2,1-4H3,(H,18,20,21)/t12-,13+/m1/s1. The summed E-state index contributed by atoms with van der Waals surface area (Å²) in [6, 6.07) is 0. The number of anilines is 1. The first-order chi connectivity index (χ1) is 12.1. The molecule has 2 aromatic rings. The first kappa shape index (κ1) is 16.5. The molecule has 25 heavy (non-hydrogen) atoms. The lowest BCUT2D eigenvalue weighted by Gasteiger charge is -2.16. The number of aromatic amines is 1. The topological polar surface area (TPSA) is 84.8 Å². The van der Waals surface area contributed by atoms with Crippen molar-refractivity contribution in [3.05, 3.63) is 17.5 Å². The average molecular weight is 345 g/mol. The summed E-state index contributed by atoms with van der Waals surface area (Å²) in [5.74, 6) is 5.85. The molecule has 1 aliphatic carbocycles. The van der Waals surface area contributed by atoms with Gasteiger partial charge in [-0.25, -0.2) is 4.98 Å². The quantitative estimate of drug-likeness (QED) is 0.860. The molecule has 4 rings (SSSR count). The summed E-state index contributed by atoms with van der Waals surface area (Å²) in [4.78, 5) is 7.13. The van der Waals surface area contributed by atoms with E-state index in [0.29, 0.717) is 24.4 Å². The zero-order valence-electron chi connectivity index (χ0n) is 15.4. The third-order valence-electron chi connectivity index (χ3n) is 5.48. The number of nitrogens with zero attached hydrogens (tertiary/aromatic N) is 6. The van der Waals surface area contributed by atoms with Gasteiger partial charge in [-0.05, 0) is 24.7 Å². The summed E-state index contributed by atoms with van der Waals surface area (Å²) >= 11 is 0. The monoisotopic (exact) mass is 345 g/mol. The van der Waals surface area contributed by atoms with Crippen LogP contribution in [0.5, 0.6) is 0 Å². The van der Waals surface area contributed by atoms with E-state index >= 15 is 0 Å². The number of H-pyrrole nitrogens is 1. The first-order valence-corrected chi connectivity index (χ1v) is 9.12. The fraction of sp³-hybridized carbons (Fsp3) is 0.765. The molecule has 1 saturated carbocycles. The minimum Gasteiger partial charge on any atom is -0.377 e. The number of rotatable bonds is 6. The highest BCUT2D eigenvalue weighted by atomic mass is 16.5. The SMILES string of the molecule is COCc1nnc(N2C[C@H](c3nc(C(C)C)n[nH]3)[C@@H](C3CC3)C2)n1C. The van der Waals surface area contributed by atoms with Crippen LogP contribution in [-0.4, -0.2) is 50.1 Å². The molecule has 136 valence electrons. The average Bonchev–Trinajstić information content (AvgIpc) is 3.01. The van der Waals surface area contributed by atoms with Gasteiger partial charge in [-0.2, -0.15) is 5.10 Å². The van der Waals surface area contributed by atoms with Crippen molar-refractivity contribution in [1.82, 2.24) is 29.9 Å². The molecule has 2 aliphatic rings. The molecule has 0 aromatic carbocycles. The summed E-state index contributed by atoms with van der Waals surface area (Å²) in [6.45, 7) is 6.65. The Balaban J connectivity index is 1.58. The molecular formula is C17H27N7O. The van der Waals surface area contributed by atoms with Crippen LogP contribution in [0.4, 0.5) is 5.95 Å². The summed E-state index contributed by atoms with van der Waals surface area (Å²) in [6.07, 6.45) is 2.65. The lowest BCUT2D eigenvalue weighted by Crippen LogP contribution is -2.24. The van der Waals surface area contributed by atoms with Crippen molar-refractivity contribution in [2.45, 2.75) is 45.1 Å². The zero-order chi connectivity index (χ0) is 17.6. The van der Waals surface area contributed by atoms with Crippen LogP contribution < -0.4 is 4.90 Å². The van der Waals surface area contributed by atoms with Crippen molar-refractivity contribution in [1.29, 1.82) is 0 Å². The van der Waals surface area contributed by atoms with Crippen LogP contribution in [0, 0.1) is 11.8 Å². The Bertz CT molecular complexity index is 733. The maximum Gasteiger partial charge on any atom is 0.227 e. The van der Waals surface area contributed by atoms with Crippen molar-refractivity contribution in [3.63, 3.8) is 0 Å². The molecule has 1 N–H and O–H groups in total. The molecule has 2 fully saturated rings. The Labute approximate surface area is 148 Å². The van der Waals surface area contributed by atoms with Crippen molar-refractivity contribution in [3.8, 4) is 0 Å². The van der Waals surface area contributed by atoms with Crippen LogP contribution in [-0.2, 0) is 18.4 Å². The van der Waals surface area contributed by atoms with E-state index in [1.807, 2.05) is 11.6 Å². The van der Waals surface area contributed by atoms with Gasteiger partial charge in [0.1, 0.15) is 12.4 Å². The van der Waals surface area contributed by atoms with Crippen LogP contribution in [0.25, 0.3) is 0 Å². The van der Waals surface area contributed by atoms with E-state index in [2.05, 4.69) is 39.1 Å². The molecule has 8 heteroatoms. The molecule has 0 bridgehead atoms. The highest BCUT2D eigenvalue weighted by molar-refractivity contribution is 5.36. The lowest BCUT2D eigenvalue weighted by molar-refractivity contribution is 0.175. The molecule has 0 amide bonds. The van der Waals surface area contributed by atoms with E-state index in [1.165, 1.54) is 12.8 Å². The van der Waals surface area contributed by atoms with Crippen LogP contribution in [0.3, 0.4) is 0 Å². The minimum atomic E-state index is 0.345. The van der Waals surface area contributed by atoms with E-state index in [-0.39, 0.29) is 0 Å². The fourth-order valence-corrected chi connectivity index (χ4v) is 3.88. The highest BCUT2D eigenvalue weighted by Crippen LogP contribution is 2.47. The third-order valence-corrected chi connectivity index (χ3v) is 5.48. The molecule has 0 spiro atoms. The van der Waals surface area contributed by atoms with Gasteiger partial charge in [-0.1, -0.05) is 13.8 Å². The van der Waals surface area contributed by atoms with Crippen LogP contribution >= 0.6 is 0 Å². The van der Waals surface area contributed by atoms with Gasteiger partial charge in [-0.15, -0.1) is 10.2 Å². The predicted molar refractivity (Wildman–Crippen MR) is 93.4 cm³/mol. The Morgan fingerprint density at radius 1 is 1.24 bits per heavy atom. The third kappa shape index (κ3) is 3.03. The maximum atomic E-state index is 5.20. The lowest BCUT2D eigenvalue weighted by atomic mass is 9.91. The molecular weight excluding hydrogens is 318 g/mol. The van der Waals surface area contributed by atoms with Crippen LogP contribution in [0.15, 0.2) is 0 Å². The summed E-state index contributed by atoms with van der Waals surface area (Å²) < 4.78 is 7.24.